The molecule has 2 heterocycles. The fourth-order valence-electron chi connectivity index (χ4n) is 7.38. The Bertz CT molecular complexity index is 2780. The van der Waals surface area contributed by atoms with E-state index in [9.17, 15) is 0 Å². The third-order valence-electron chi connectivity index (χ3n) is 9.82. The van der Waals surface area contributed by atoms with Gasteiger partial charge in [-0.05, 0) is 101 Å². The van der Waals surface area contributed by atoms with Gasteiger partial charge in [0.2, 0.25) is 5.89 Å². The second-order valence-corrected chi connectivity index (χ2v) is 12.8. The number of hydrogen-bond donors (Lipinski definition) is 0. The SMILES string of the molecule is c1ccc(-c2ccc(N(c3ccc(-n4c5ccccc5c5ccccc54)cc3)c3ccc4c(ccc5oc(-c6ccccc6)nc54)c3)cc2)cc1. The summed E-state index contributed by atoms with van der Waals surface area (Å²) < 4.78 is 8.56. The van der Waals surface area contributed by atoms with Gasteiger partial charge in [0.25, 0.3) is 0 Å². The highest BCUT2D eigenvalue weighted by Gasteiger charge is 2.17. The van der Waals surface area contributed by atoms with E-state index in [2.05, 4.69) is 161 Å². The van der Waals surface area contributed by atoms with Gasteiger partial charge >= 0.3 is 0 Å². The number of oxazole rings is 1. The van der Waals surface area contributed by atoms with Crippen molar-refractivity contribution in [2.75, 3.05) is 4.90 Å². The Morgan fingerprint density at radius 1 is 0.431 bits per heavy atom. The lowest BCUT2D eigenvalue weighted by atomic mass is 10.0. The van der Waals surface area contributed by atoms with E-state index in [1.54, 1.807) is 0 Å². The summed E-state index contributed by atoms with van der Waals surface area (Å²) in [5.41, 5.74) is 11.7. The van der Waals surface area contributed by atoms with Crippen LogP contribution in [0.5, 0.6) is 0 Å². The van der Waals surface area contributed by atoms with Crippen molar-refractivity contribution in [2.45, 2.75) is 0 Å². The molecule has 4 nitrogen and oxygen atoms in total. The number of nitrogens with zero attached hydrogens (tertiary/aromatic N) is 3. The third-order valence-corrected chi connectivity index (χ3v) is 9.82. The van der Waals surface area contributed by atoms with Crippen LogP contribution in [0, 0.1) is 0 Å². The minimum absolute atomic E-state index is 0.630. The zero-order valence-corrected chi connectivity index (χ0v) is 27.6. The van der Waals surface area contributed by atoms with Crippen molar-refractivity contribution in [1.82, 2.24) is 9.55 Å². The molecule has 0 bridgehead atoms. The fraction of sp³-hybridized carbons (Fsp3) is 0. The van der Waals surface area contributed by atoms with Crippen LogP contribution in [0.3, 0.4) is 0 Å². The van der Waals surface area contributed by atoms with E-state index in [-0.39, 0.29) is 0 Å². The predicted octanol–water partition coefficient (Wildman–Crippen LogP) is 12.9. The molecular weight excluding hydrogens is 623 g/mol. The maximum absolute atomic E-state index is 6.20. The average Bonchev–Trinajstić information content (AvgIpc) is 3.80. The Kier molecular flexibility index (Phi) is 6.78. The molecule has 0 saturated carbocycles. The van der Waals surface area contributed by atoms with E-state index in [1.165, 1.54) is 32.9 Å². The number of benzene rings is 8. The molecule has 0 radical (unpaired) electrons. The number of rotatable bonds is 6. The zero-order chi connectivity index (χ0) is 33.7. The van der Waals surface area contributed by atoms with Crippen molar-refractivity contribution in [3.63, 3.8) is 0 Å². The van der Waals surface area contributed by atoms with E-state index in [0.717, 1.165) is 50.2 Å². The molecule has 0 atom stereocenters. The number of para-hydroxylation sites is 2. The van der Waals surface area contributed by atoms with Crippen LogP contribution < -0.4 is 4.90 Å². The van der Waals surface area contributed by atoms with Gasteiger partial charge in [0, 0.05) is 44.5 Å². The van der Waals surface area contributed by atoms with Crippen LogP contribution in [0.25, 0.3) is 71.9 Å². The number of hydrogen-bond acceptors (Lipinski definition) is 3. The lowest BCUT2D eigenvalue weighted by Crippen LogP contribution is -2.10. The van der Waals surface area contributed by atoms with E-state index in [0.29, 0.717) is 5.89 Å². The Morgan fingerprint density at radius 2 is 0.980 bits per heavy atom. The van der Waals surface area contributed by atoms with Gasteiger partial charge in [-0.25, -0.2) is 4.98 Å². The molecule has 8 aromatic carbocycles. The maximum atomic E-state index is 6.20. The second kappa shape index (κ2) is 11.9. The first-order valence-corrected chi connectivity index (χ1v) is 17.2. The Hall–Kier alpha value is -6.91. The van der Waals surface area contributed by atoms with Gasteiger partial charge < -0.3 is 13.9 Å². The molecule has 0 N–H and O–H groups in total. The van der Waals surface area contributed by atoms with Gasteiger partial charge in [-0.15, -0.1) is 0 Å². The van der Waals surface area contributed by atoms with E-state index in [4.69, 9.17) is 9.40 Å². The van der Waals surface area contributed by atoms with Crippen molar-refractivity contribution >= 4 is 60.7 Å². The summed E-state index contributed by atoms with van der Waals surface area (Å²) in [6.07, 6.45) is 0. The highest BCUT2D eigenvalue weighted by Crippen LogP contribution is 2.40. The summed E-state index contributed by atoms with van der Waals surface area (Å²) in [5, 5.41) is 4.67. The van der Waals surface area contributed by atoms with Crippen LogP contribution >= 0.6 is 0 Å². The molecule has 0 spiro atoms. The normalized spacial score (nSPS) is 11.5. The molecule has 0 fully saturated rings. The van der Waals surface area contributed by atoms with Crippen LogP contribution in [0.1, 0.15) is 0 Å². The van der Waals surface area contributed by atoms with Crippen molar-refractivity contribution < 1.29 is 4.42 Å². The van der Waals surface area contributed by atoms with Crippen LogP contribution in [0.15, 0.2) is 192 Å². The monoisotopic (exact) mass is 653 g/mol. The molecule has 51 heavy (non-hydrogen) atoms. The zero-order valence-electron chi connectivity index (χ0n) is 27.6. The van der Waals surface area contributed by atoms with Crippen LogP contribution in [-0.4, -0.2) is 9.55 Å². The Labute approximate surface area is 295 Å². The lowest BCUT2D eigenvalue weighted by Gasteiger charge is -2.26. The highest BCUT2D eigenvalue weighted by molar-refractivity contribution is 6.09. The summed E-state index contributed by atoms with van der Waals surface area (Å²) in [7, 11) is 0. The summed E-state index contributed by atoms with van der Waals surface area (Å²) >= 11 is 0. The molecule has 10 aromatic rings. The molecule has 0 unspecified atom stereocenters. The Balaban J connectivity index is 1.10. The minimum atomic E-state index is 0.630. The fourth-order valence-corrected chi connectivity index (χ4v) is 7.38. The topological polar surface area (TPSA) is 34.2 Å². The molecule has 0 amide bonds. The molecule has 0 aliphatic heterocycles. The summed E-state index contributed by atoms with van der Waals surface area (Å²) in [4.78, 5) is 7.26. The number of aromatic nitrogens is 2. The first kappa shape index (κ1) is 29.0. The second-order valence-electron chi connectivity index (χ2n) is 12.8. The van der Waals surface area contributed by atoms with Crippen molar-refractivity contribution in [2.24, 2.45) is 0 Å². The third kappa shape index (κ3) is 4.96. The van der Waals surface area contributed by atoms with Crippen LogP contribution in [0.4, 0.5) is 17.1 Å². The van der Waals surface area contributed by atoms with Crippen LogP contribution in [-0.2, 0) is 0 Å². The first-order chi connectivity index (χ1) is 25.3. The predicted molar refractivity (Wildman–Crippen MR) is 211 cm³/mol. The van der Waals surface area contributed by atoms with Crippen LogP contribution in [0.2, 0.25) is 0 Å². The van der Waals surface area contributed by atoms with Crippen molar-refractivity contribution in [3.8, 4) is 28.3 Å². The molecule has 10 rings (SSSR count). The first-order valence-electron chi connectivity index (χ1n) is 17.2. The van der Waals surface area contributed by atoms with E-state index < -0.39 is 0 Å². The van der Waals surface area contributed by atoms with Gasteiger partial charge in [-0.1, -0.05) is 103 Å². The van der Waals surface area contributed by atoms with Gasteiger partial charge in [0.15, 0.2) is 5.58 Å². The van der Waals surface area contributed by atoms with Crippen molar-refractivity contribution in [1.29, 1.82) is 0 Å². The molecule has 0 aliphatic carbocycles. The quantitative estimate of drug-likeness (QED) is 0.179. The number of fused-ring (bicyclic) bond motifs is 6. The summed E-state index contributed by atoms with van der Waals surface area (Å²) in [6.45, 7) is 0. The highest BCUT2D eigenvalue weighted by atomic mass is 16.3. The summed E-state index contributed by atoms with van der Waals surface area (Å²) in [5.74, 6) is 0.630. The summed E-state index contributed by atoms with van der Waals surface area (Å²) in [6, 6.07) is 66.3. The van der Waals surface area contributed by atoms with Gasteiger partial charge in [-0.3, -0.25) is 0 Å². The Morgan fingerprint density at radius 3 is 1.65 bits per heavy atom. The smallest absolute Gasteiger partial charge is 0.227 e. The van der Waals surface area contributed by atoms with Gasteiger partial charge in [0.05, 0.1) is 11.0 Å². The molecular formula is C47H31N3O. The standard InChI is InChI=1S/C47H31N3O/c1-3-11-32(12-4-1)33-19-22-36(23-20-33)49(37-24-26-38(27-25-37)50-43-17-9-7-15-41(43)42-16-8-10-18-44(42)50)39-28-29-40-35(31-39)21-30-45-46(40)48-47(51-45)34-13-5-2-6-14-34/h1-31H. The molecule has 0 saturated heterocycles. The van der Waals surface area contributed by atoms with Gasteiger partial charge in [-0.2, -0.15) is 0 Å². The van der Waals surface area contributed by atoms with E-state index >= 15 is 0 Å². The van der Waals surface area contributed by atoms with E-state index in [1.807, 2.05) is 36.4 Å². The largest absolute Gasteiger partial charge is 0.436 e. The lowest BCUT2D eigenvalue weighted by molar-refractivity contribution is 0.620. The maximum Gasteiger partial charge on any atom is 0.227 e. The molecule has 4 heteroatoms. The van der Waals surface area contributed by atoms with Crippen molar-refractivity contribution in [3.05, 3.63) is 188 Å². The molecule has 2 aromatic heterocycles. The minimum Gasteiger partial charge on any atom is -0.436 e. The van der Waals surface area contributed by atoms with Gasteiger partial charge in [0.1, 0.15) is 5.52 Å². The average molecular weight is 654 g/mol. The molecule has 0 aliphatic rings. The number of anilines is 3. The molecule has 240 valence electrons.